The van der Waals surface area contributed by atoms with Gasteiger partial charge in [-0.3, -0.25) is 0 Å². The lowest BCUT2D eigenvalue weighted by molar-refractivity contribution is 1.06. The molecule has 0 saturated carbocycles. The van der Waals surface area contributed by atoms with Crippen molar-refractivity contribution >= 4 is 53.3 Å². The molecule has 0 N–H and O–H groups in total. The summed E-state index contributed by atoms with van der Waals surface area (Å²) < 4.78 is 4.96. The van der Waals surface area contributed by atoms with Crippen molar-refractivity contribution in [3.63, 3.8) is 0 Å². The molecule has 290 valence electrons. The van der Waals surface area contributed by atoms with E-state index in [0.717, 1.165) is 50.1 Å². The van der Waals surface area contributed by atoms with E-state index in [2.05, 4.69) is 187 Å². The van der Waals surface area contributed by atoms with E-state index in [1.165, 1.54) is 47.6 Å². The van der Waals surface area contributed by atoms with Crippen LogP contribution in [0, 0.1) is 0 Å². The minimum Gasteiger partial charge on any atom is -0.308 e. The van der Waals surface area contributed by atoms with Crippen molar-refractivity contribution in [1.29, 1.82) is 0 Å². The van der Waals surface area contributed by atoms with Gasteiger partial charge in [-0.2, -0.15) is 0 Å². The smallest absolute Gasteiger partial charge is 0.166 e. The van der Waals surface area contributed by atoms with Gasteiger partial charge >= 0.3 is 0 Å². The Morgan fingerprint density at radius 2 is 0.790 bits per heavy atom. The van der Waals surface area contributed by atoms with E-state index in [0.29, 0.717) is 17.5 Å². The van der Waals surface area contributed by atoms with E-state index in [1.807, 2.05) is 47.7 Å². The summed E-state index contributed by atoms with van der Waals surface area (Å²) in [6.45, 7) is 0. The highest BCUT2D eigenvalue weighted by Gasteiger charge is 2.22. The van der Waals surface area contributed by atoms with Gasteiger partial charge in [-0.25, -0.2) is 15.0 Å². The van der Waals surface area contributed by atoms with Gasteiger partial charge in [-0.15, -0.1) is 11.3 Å². The largest absolute Gasteiger partial charge is 0.308 e. The van der Waals surface area contributed by atoms with Gasteiger partial charge in [0.05, 0.1) is 16.7 Å². The molecule has 0 spiro atoms. The van der Waals surface area contributed by atoms with Crippen molar-refractivity contribution in [2.45, 2.75) is 0 Å². The maximum absolute atomic E-state index is 5.36. The number of benzene rings is 9. The molecule has 9 aromatic carbocycles. The molecule has 0 atom stereocenters. The highest BCUT2D eigenvalue weighted by atomic mass is 32.1. The van der Waals surface area contributed by atoms with Crippen LogP contribution in [0.3, 0.4) is 0 Å². The van der Waals surface area contributed by atoms with Crippen LogP contribution in [0.25, 0.3) is 115 Å². The maximum Gasteiger partial charge on any atom is 0.166 e. The van der Waals surface area contributed by atoms with E-state index < -0.39 is 0 Å². The molecule has 0 fully saturated rings. The highest BCUT2D eigenvalue weighted by Crippen LogP contribution is 2.44. The summed E-state index contributed by atoms with van der Waals surface area (Å²) in [7, 11) is 0. The molecule has 62 heavy (non-hydrogen) atoms. The Morgan fingerprint density at radius 3 is 1.37 bits per heavy atom. The number of aromatic nitrogens is 4. The molecule has 0 unspecified atom stereocenters. The summed E-state index contributed by atoms with van der Waals surface area (Å²) in [5, 5.41) is 4.87. The van der Waals surface area contributed by atoms with Crippen LogP contribution in [0.15, 0.2) is 218 Å². The second kappa shape index (κ2) is 14.9. The number of hydrogen-bond acceptors (Lipinski definition) is 4. The lowest BCUT2D eigenvalue weighted by atomic mass is 9.96. The van der Waals surface area contributed by atoms with Crippen molar-refractivity contribution in [3.8, 4) is 73.2 Å². The first-order chi connectivity index (χ1) is 30.7. The molecular formula is C57H36N4S. The number of nitrogens with zero attached hydrogens (tertiary/aromatic N) is 4. The minimum atomic E-state index is 0.602. The summed E-state index contributed by atoms with van der Waals surface area (Å²) in [5.41, 5.74) is 12.9. The molecule has 0 radical (unpaired) electrons. The normalized spacial score (nSPS) is 11.5. The second-order valence-corrected chi connectivity index (χ2v) is 16.7. The molecule has 0 aliphatic carbocycles. The van der Waals surface area contributed by atoms with Crippen LogP contribution in [0.2, 0.25) is 0 Å². The lowest BCUT2D eigenvalue weighted by Gasteiger charge is -2.17. The standard InChI is InChI=1S/C57H36N4S/c1-5-16-37(17-6-1)41-28-31-45-46-32-29-42(38-18-7-2-8-19-38)36-51(46)61(50(45)35-41)49-33-30-43(44-25-15-27-53-54(44)47-24-13-14-26-52(47)62-53)34-48(49)57-59-55(39-20-9-3-10-21-39)58-56(60-57)40-22-11-4-12-23-40/h1-36H. The Balaban J connectivity index is 1.19. The molecule has 5 heteroatoms. The Morgan fingerprint density at radius 1 is 0.306 bits per heavy atom. The summed E-state index contributed by atoms with van der Waals surface area (Å²) >= 11 is 1.84. The second-order valence-electron chi connectivity index (χ2n) is 15.6. The molecule has 4 nitrogen and oxygen atoms in total. The van der Waals surface area contributed by atoms with Crippen LogP contribution >= 0.6 is 11.3 Å². The zero-order valence-electron chi connectivity index (χ0n) is 33.5. The van der Waals surface area contributed by atoms with Gasteiger partial charge in [0.25, 0.3) is 0 Å². The summed E-state index contributed by atoms with van der Waals surface area (Å²) in [4.78, 5) is 15.8. The minimum absolute atomic E-state index is 0.602. The van der Waals surface area contributed by atoms with Gasteiger partial charge in [-0.1, -0.05) is 182 Å². The third-order valence-corrected chi connectivity index (χ3v) is 13.0. The van der Waals surface area contributed by atoms with E-state index >= 15 is 0 Å². The number of rotatable bonds is 7. The third-order valence-electron chi connectivity index (χ3n) is 11.9. The first-order valence-corrected chi connectivity index (χ1v) is 21.7. The van der Waals surface area contributed by atoms with E-state index in [1.54, 1.807) is 0 Å². The molecule has 12 aromatic rings. The monoisotopic (exact) mass is 808 g/mol. The molecule has 3 aromatic heterocycles. The molecule has 0 amide bonds. The first-order valence-electron chi connectivity index (χ1n) is 20.8. The number of thiophene rings is 1. The van der Waals surface area contributed by atoms with Crippen LogP contribution in [0.1, 0.15) is 0 Å². The van der Waals surface area contributed by atoms with Gasteiger partial charge in [-0.05, 0) is 69.8 Å². The predicted octanol–water partition coefficient (Wildman–Crippen LogP) is 15.3. The summed E-state index contributed by atoms with van der Waals surface area (Å²) in [6, 6.07) is 77.6. The Hall–Kier alpha value is -7.99. The fraction of sp³-hybridized carbons (Fsp3) is 0. The molecule has 0 aliphatic heterocycles. The van der Waals surface area contributed by atoms with Gasteiger partial charge < -0.3 is 4.57 Å². The van der Waals surface area contributed by atoms with Crippen LogP contribution in [-0.2, 0) is 0 Å². The molecule has 3 heterocycles. The third kappa shape index (κ3) is 6.18. The Labute approximate surface area is 362 Å². The zero-order valence-corrected chi connectivity index (χ0v) is 34.3. The fourth-order valence-electron chi connectivity index (χ4n) is 8.92. The molecule has 0 aliphatic rings. The lowest BCUT2D eigenvalue weighted by Crippen LogP contribution is -2.04. The van der Waals surface area contributed by atoms with E-state index in [9.17, 15) is 0 Å². The highest BCUT2D eigenvalue weighted by molar-refractivity contribution is 7.25. The first kappa shape index (κ1) is 35.9. The van der Waals surface area contributed by atoms with Gasteiger partial charge in [0, 0.05) is 47.6 Å². The van der Waals surface area contributed by atoms with Gasteiger partial charge in [0.1, 0.15) is 0 Å². The zero-order chi connectivity index (χ0) is 41.0. The predicted molar refractivity (Wildman–Crippen MR) is 260 cm³/mol. The van der Waals surface area contributed by atoms with Crippen molar-refractivity contribution in [2.75, 3.05) is 0 Å². The van der Waals surface area contributed by atoms with Crippen LogP contribution < -0.4 is 0 Å². The number of hydrogen-bond donors (Lipinski definition) is 0. The average molecular weight is 809 g/mol. The molecule has 0 bridgehead atoms. The van der Waals surface area contributed by atoms with Crippen LogP contribution in [0.4, 0.5) is 0 Å². The average Bonchev–Trinajstić information content (AvgIpc) is 3.90. The SMILES string of the molecule is c1ccc(-c2ccc3c4ccc(-c5ccccc5)cc4n(-c4ccc(-c5cccc6sc7ccccc7c56)cc4-c4nc(-c5ccccc5)nc(-c5ccccc5)n4)c3c2)cc1. The summed E-state index contributed by atoms with van der Waals surface area (Å²) in [6.07, 6.45) is 0. The van der Waals surface area contributed by atoms with E-state index in [-0.39, 0.29) is 0 Å². The molecule has 12 rings (SSSR count). The van der Waals surface area contributed by atoms with Crippen molar-refractivity contribution in [3.05, 3.63) is 218 Å². The topological polar surface area (TPSA) is 43.6 Å². The Bertz CT molecular complexity index is 3460. The van der Waals surface area contributed by atoms with E-state index in [4.69, 9.17) is 15.0 Å². The fourth-order valence-corrected chi connectivity index (χ4v) is 10.1. The van der Waals surface area contributed by atoms with Crippen molar-refractivity contribution < 1.29 is 0 Å². The summed E-state index contributed by atoms with van der Waals surface area (Å²) in [5.74, 6) is 1.85. The van der Waals surface area contributed by atoms with Gasteiger partial charge in [0.15, 0.2) is 17.5 Å². The number of fused-ring (bicyclic) bond motifs is 6. The van der Waals surface area contributed by atoms with Crippen LogP contribution in [0.5, 0.6) is 0 Å². The molecular weight excluding hydrogens is 773 g/mol. The quantitative estimate of drug-likeness (QED) is 0.161. The maximum atomic E-state index is 5.36. The van der Waals surface area contributed by atoms with Crippen LogP contribution in [-0.4, -0.2) is 19.5 Å². The van der Waals surface area contributed by atoms with Crippen molar-refractivity contribution in [1.82, 2.24) is 19.5 Å². The molecule has 0 saturated heterocycles. The van der Waals surface area contributed by atoms with Gasteiger partial charge in [0.2, 0.25) is 0 Å². The Kier molecular flexibility index (Phi) is 8.65. The van der Waals surface area contributed by atoms with Crippen molar-refractivity contribution in [2.24, 2.45) is 0 Å².